The van der Waals surface area contributed by atoms with Gasteiger partial charge < -0.3 is 9.73 Å². The highest BCUT2D eigenvalue weighted by atomic mass is 35.5. The average molecular weight is 223 g/mol. The normalized spacial score (nSPS) is 9.93. The Morgan fingerprint density at radius 1 is 1.47 bits per heavy atom. The monoisotopic (exact) mass is 222 g/mol. The highest BCUT2D eigenvalue weighted by Gasteiger charge is 2.07. The first kappa shape index (κ1) is 9.73. The van der Waals surface area contributed by atoms with Crippen LogP contribution in [-0.4, -0.2) is 11.4 Å². The van der Waals surface area contributed by atoms with Gasteiger partial charge in [-0.25, -0.2) is 4.98 Å². The van der Waals surface area contributed by atoms with Crippen LogP contribution < -0.4 is 5.32 Å². The lowest BCUT2D eigenvalue weighted by atomic mass is 10.1. The van der Waals surface area contributed by atoms with Crippen molar-refractivity contribution in [2.45, 2.75) is 0 Å². The van der Waals surface area contributed by atoms with Crippen molar-refractivity contribution in [3.05, 3.63) is 35.8 Å². The molecule has 0 aliphatic rings. The molecule has 0 saturated heterocycles. The van der Waals surface area contributed by atoms with Crippen molar-refractivity contribution in [3.8, 4) is 11.3 Å². The first-order valence-electron chi connectivity index (χ1n) is 4.20. The summed E-state index contributed by atoms with van der Waals surface area (Å²) in [6.45, 7) is 0. The largest absolute Gasteiger partial charge is 0.443 e. The van der Waals surface area contributed by atoms with E-state index in [1.807, 2.05) is 0 Å². The number of hydrogen-bond acceptors (Lipinski definition) is 3. The molecule has 0 aliphatic heterocycles. The number of hydrogen-bond donors (Lipinski definition) is 1. The number of carbonyl (C=O) groups excluding carboxylic acids is 1. The Balaban J connectivity index is 2.45. The second kappa shape index (κ2) is 4.14. The highest BCUT2D eigenvalue weighted by Crippen LogP contribution is 2.29. The maximum atomic E-state index is 10.3. The van der Waals surface area contributed by atoms with Gasteiger partial charge in [0.05, 0.1) is 11.2 Å². The predicted octanol–water partition coefficient (Wildman–Crippen LogP) is 2.56. The number of nitrogens with one attached hydrogen (secondary N) is 1. The number of rotatable bonds is 3. The van der Waals surface area contributed by atoms with Gasteiger partial charge in [-0.1, -0.05) is 11.6 Å². The summed E-state index contributed by atoms with van der Waals surface area (Å²) in [5.41, 5.74) is 1.35. The van der Waals surface area contributed by atoms with E-state index >= 15 is 0 Å². The fraction of sp³-hybridized carbons (Fsp3) is 0. The number of oxazole rings is 1. The molecule has 1 N–H and O–H groups in total. The molecular formula is C10H7ClN2O2. The van der Waals surface area contributed by atoms with Crippen molar-refractivity contribution in [3.63, 3.8) is 0 Å². The van der Waals surface area contributed by atoms with Crippen LogP contribution in [0.1, 0.15) is 0 Å². The molecule has 0 unspecified atom stereocenters. The average Bonchev–Trinajstić information content (AvgIpc) is 2.74. The summed E-state index contributed by atoms with van der Waals surface area (Å²) in [4.78, 5) is 14.1. The summed E-state index contributed by atoms with van der Waals surface area (Å²) in [6.07, 6.45) is 3.49. The zero-order valence-electron chi connectivity index (χ0n) is 7.61. The van der Waals surface area contributed by atoms with E-state index < -0.39 is 0 Å². The molecule has 0 bridgehead atoms. The van der Waals surface area contributed by atoms with E-state index in [4.69, 9.17) is 16.0 Å². The van der Waals surface area contributed by atoms with Crippen LogP contribution in [0, 0.1) is 0 Å². The van der Waals surface area contributed by atoms with Crippen LogP contribution in [-0.2, 0) is 4.79 Å². The van der Waals surface area contributed by atoms with Gasteiger partial charge in [0, 0.05) is 11.3 Å². The molecule has 2 rings (SSSR count). The Bertz CT molecular complexity index is 468. The van der Waals surface area contributed by atoms with Crippen LogP contribution in [0.5, 0.6) is 0 Å². The lowest BCUT2D eigenvalue weighted by Gasteiger charge is -2.03. The molecule has 0 aliphatic carbocycles. The number of amides is 1. The molecule has 0 fully saturated rings. The van der Waals surface area contributed by atoms with Crippen LogP contribution in [0.3, 0.4) is 0 Å². The molecule has 0 radical (unpaired) electrons. The van der Waals surface area contributed by atoms with Gasteiger partial charge in [-0.3, -0.25) is 4.79 Å². The summed E-state index contributed by atoms with van der Waals surface area (Å²) in [5, 5.41) is 3.08. The van der Waals surface area contributed by atoms with Gasteiger partial charge >= 0.3 is 0 Å². The smallest absolute Gasteiger partial charge is 0.211 e. The summed E-state index contributed by atoms with van der Waals surface area (Å²) in [5.74, 6) is 0.564. The molecule has 4 nitrogen and oxygen atoms in total. The number of benzene rings is 1. The maximum Gasteiger partial charge on any atom is 0.211 e. The van der Waals surface area contributed by atoms with Crippen LogP contribution >= 0.6 is 11.6 Å². The summed E-state index contributed by atoms with van der Waals surface area (Å²) in [7, 11) is 0. The third kappa shape index (κ3) is 1.99. The van der Waals surface area contributed by atoms with E-state index in [1.54, 1.807) is 24.4 Å². The third-order valence-corrected chi connectivity index (χ3v) is 2.22. The standard InChI is InChI=1S/C10H7ClN2O2/c11-9-2-1-7(13-5-14)3-8(9)10-4-12-6-15-10/h1-6H,(H,13,14). The number of anilines is 1. The molecule has 76 valence electrons. The Kier molecular flexibility index (Phi) is 2.69. The van der Waals surface area contributed by atoms with Gasteiger partial charge in [0.2, 0.25) is 6.41 Å². The number of halogens is 1. The van der Waals surface area contributed by atoms with Gasteiger partial charge in [0.15, 0.2) is 12.2 Å². The number of aromatic nitrogens is 1. The minimum atomic E-state index is 0.545. The molecule has 5 heteroatoms. The van der Waals surface area contributed by atoms with Gasteiger partial charge in [-0.05, 0) is 18.2 Å². The second-order valence-corrected chi connectivity index (χ2v) is 3.23. The van der Waals surface area contributed by atoms with E-state index in [-0.39, 0.29) is 0 Å². The molecule has 0 spiro atoms. The van der Waals surface area contributed by atoms with E-state index in [0.29, 0.717) is 28.4 Å². The summed E-state index contributed by atoms with van der Waals surface area (Å²) < 4.78 is 5.12. The maximum absolute atomic E-state index is 10.3. The third-order valence-electron chi connectivity index (χ3n) is 1.89. The Hall–Kier alpha value is -1.81. The second-order valence-electron chi connectivity index (χ2n) is 2.82. The molecular weight excluding hydrogens is 216 g/mol. The number of carbonyl (C=O) groups is 1. The van der Waals surface area contributed by atoms with Crippen molar-refractivity contribution in [1.29, 1.82) is 0 Å². The Labute approximate surface area is 90.9 Å². The first-order valence-corrected chi connectivity index (χ1v) is 4.57. The minimum Gasteiger partial charge on any atom is -0.443 e. The van der Waals surface area contributed by atoms with Crippen LogP contribution in [0.15, 0.2) is 35.2 Å². The van der Waals surface area contributed by atoms with E-state index in [2.05, 4.69) is 10.3 Å². The van der Waals surface area contributed by atoms with Crippen molar-refractivity contribution in [2.24, 2.45) is 0 Å². The molecule has 2 aromatic rings. The van der Waals surface area contributed by atoms with Crippen molar-refractivity contribution < 1.29 is 9.21 Å². The van der Waals surface area contributed by atoms with Gasteiger partial charge in [-0.2, -0.15) is 0 Å². The quantitative estimate of drug-likeness (QED) is 0.812. The Morgan fingerprint density at radius 2 is 2.33 bits per heavy atom. The van der Waals surface area contributed by atoms with Gasteiger partial charge in [0.25, 0.3) is 0 Å². The summed E-state index contributed by atoms with van der Waals surface area (Å²) in [6, 6.07) is 5.11. The Morgan fingerprint density at radius 3 is 3.00 bits per heavy atom. The SMILES string of the molecule is O=CNc1ccc(Cl)c(-c2cnco2)c1. The van der Waals surface area contributed by atoms with E-state index in [1.165, 1.54) is 6.39 Å². The van der Waals surface area contributed by atoms with Gasteiger partial charge in [-0.15, -0.1) is 0 Å². The zero-order chi connectivity index (χ0) is 10.7. The molecule has 1 aromatic heterocycles. The highest BCUT2D eigenvalue weighted by molar-refractivity contribution is 6.33. The molecule has 15 heavy (non-hydrogen) atoms. The zero-order valence-corrected chi connectivity index (χ0v) is 8.36. The molecule has 0 saturated carbocycles. The van der Waals surface area contributed by atoms with Crippen LogP contribution in [0.4, 0.5) is 5.69 Å². The topological polar surface area (TPSA) is 55.1 Å². The van der Waals surface area contributed by atoms with Crippen LogP contribution in [0.25, 0.3) is 11.3 Å². The van der Waals surface area contributed by atoms with Crippen LogP contribution in [0.2, 0.25) is 5.02 Å². The molecule has 1 aromatic carbocycles. The van der Waals surface area contributed by atoms with Crippen molar-refractivity contribution >= 4 is 23.7 Å². The lowest BCUT2D eigenvalue weighted by Crippen LogP contribution is -1.93. The van der Waals surface area contributed by atoms with Crippen molar-refractivity contribution in [2.75, 3.05) is 5.32 Å². The fourth-order valence-corrected chi connectivity index (χ4v) is 1.43. The molecule has 1 heterocycles. The van der Waals surface area contributed by atoms with E-state index in [9.17, 15) is 4.79 Å². The fourth-order valence-electron chi connectivity index (χ4n) is 1.22. The summed E-state index contributed by atoms with van der Waals surface area (Å²) >= 11 is 5.98. The minimum absolute atomic E-state index is 0.545. The number of nitrogens with zero attached hydrogens (tertiary/aromatic N) is 1. The van der Waals surface area contributed by atoms with Gasteiger partial charge in [0.1, 0.15) is 0 Å². The first-order chi connectivity index (χ1) is 7.31. The molecule has 0 atom stereocenters. The predicted molar refractivity (Wildman–Crippen MR) is 56.6 cm³/mol. The van der Waals surface area contributed by atoms with Crippen molar-refractivity contribution in [1.82, 2.24) is 4.98 Å². The van der Waals surface area contributed by atoms with E-state index in [0.717, 1.165) is 0 Å². The molecule has 1 amide bonds. The lowest BCUT2D eigenvalue weighted by molar-refractivity contribution is -0.105.